The highest BCUT2D eigenvalue weighted by Gasteiger charge is 2.17. The van der Waals surface area contributed by atoms with Gasteiger partial charge >= 0.3 is 11.3 Å². The SMILES string of the molecule is O=c1cc(COc2cc(F)ccc2[N+](=O)[O-])c2ccc(Br)cc2o1. The lowest BCUT2D eigenvalue weighted by atomic mass is 10.1. The lowest BCUT2D eigenvalue weighted by Crippen LogP contribution is -2.05. The van der Waals surface area contributed by atoms with Crippen molar-refractivity contribution in [2.75, 3.05) is 0 Å². The highest BCUT2D eigenvalue weighted by atomic mass is 79.9. The van der Waals surface area contributed by atoms with Gasteiger partial charge in [-0.05, 0) is 24.3 Å². The molecule has 3 rings (SSSR count). The molecule has 0 fully saturated rings. The van der Waals surface area contributed by atoms with Crippen molar-refractivity contribution in [3.63, 3.8) is 0 Å². The number of hydrogen-bond acceptors (Lipinski definition) is 5. The van der Waals surface area contributed by atoms with Gasteiger partial charge in [0.2, 0.25) is 0 Å². The molecule has 1 heterocycles. The summed E-state index contributed by atoms with van der Waals surface area (Å²) in [5.74, 6) is -0.865. The van der Waals surface area contributed by atoms with E-state index in [1.807, 2.05) is 0 Å². The molecule has 0 N–H and O–H groups in total. The molecule has 0 bridgehead atoms. The molecule has 1 aromatic heterocycles. The second-order valence-corrected chi connectivity index (χ2v) is 5.80. The molecule has 2 aromatic carbocycles. The third-order valence-corrected chi connectivity index (χ3v) is 3.79. The Kier molecular flexibility index (Phi) is 4.30. The van der Waals surface area contributed by atoms with Crippen molar-refractivity contribution in [2.24, 2.45) is 0 Å². The summed E-state index contributed by atoms with van der Waals surface area (Å²) < 4.78 is 24.6. The van der Waals surface area contributed by atoms with Crippen LogP contribution in [0.1, 0.15) is 5.56 Å². The van der Waals surface area contributed by atoms with Crippen molar-refractivity contribution in [3.8, 4) is 5.75 Å². The van der Waals surface area contributed by atoms with Crippen LogP contribution in [0, 0.1) is 15.9 Å². The van der Waals surface area contributed by atoms with E-state index in [9.17, 15) is 19.3 Å². The van der Waals surface area contributed by atoms with Crippen molar-refractivity contribution >= 4 is 32.6 Å². The molecular weight excluding hydrogens is 385 g/mol. The quantitative estimate of drug-likeness (QED) is 0.377. The Morgan fingerprint density at radius 2 is 2.00 bits per heavy atom. The van der Waals surface area contributed by atoms with E-state index < -0.39 is 16.4 Å². The van der Waals surface area contributed by atoms with Gasteiger partial charge in [0.15, 0.2) is 5.75 Å². The van der Waals surface area contributed by atoms with Crippen LogP contribution in [0.15, 0.2) is 56.1 Å². The number of fused-ring (bicyclic) bond motifs is 1. The zero-order chi connectivity index (χ0) is 17.3. The van der Waals surface area contributed by atoms with Crippen molar-refractivity contribution in [1.29, 1.82) is 0 Å². The summed E-state index contributed by atoms with van der Waals surface area (Å²) in [6.45, 7) is -0.145. The van der Waals surface area contributed by atoms with Gasteiger partial charge in [-0.3, -0.25) is 10.1 Å². The van der Waals surface area contributed by atoms with Crippen molar-refractivity contribution in [2.45, 2.75) is 6.61 Å². The van der Waals surface area contributed by atoms with Gasteiger partial charge in [0.25, 0.3) is 0 Å². The maximum atomic E-state index is 13.3. The number of benzene rings is 2. The highest BCUT2D eigenvalue weighted by Crippen LogP contribution is 2.29. The van der Waals surface area contributed by atoms with Gasteiger partial charge in [-0.2, -0.15) is 0 Å². The number of nitrogens with zero attached hydrogens (tertiary/aromatic N) is 1. The van der Waals surface area contributed by atoms with Crippen molar-refractivity contribution in [1.82, 2.24) is 0 Å². The minimum absolute atomic E-state index is 0.145. The number of nitro benzene ring substituents is 1. The largest absolute Gasteiger partial charge is 0.482 e. The number of ether oxygens (including phenoxy) is 1. The molecule has 122 valence electrons. The molecule has 3 aromatic rings. The van der Waals surface area contributed by atoms with Crippen LogP contribution in [-0.2, 0) is 6.61 Å². The fraction of sp³-hybridized carbons (Fsp3) is 0.0625. The van der Waals surface area contributed by atoms with E-state index in [2.05, 4.69) is 15.9 Å². The van der Waals surface area contributed by atoms with E-state index in [0.717, 1.165) is 22.7 Å². The average molecular weight is 394 g/mol. The first-order valence-corrected chi connectivity index (χ1v) is 7.52. The Bertz CT molecular complexity index is 1000. The lowest BCUT2D eigenvalue weighted by molar-refractivity contribution is -0.386. The molecule has 0 unspecified atom stereocenters. The Balaban J connectivity index is 1.99. The zero-order valence-corrected chi connectivity index (χ0v) is 13.6. The maximum Gasteiger partial charge on any atom is 0.336 e. The summed E-state index contributed by atoms with van der Waals surface area (Å²) in [6, 6.07) is 9.29. The molecule has 0 amide bonds. The van der Waals surface area contributed by atoms with Crippen molar-refractivity contribution in [3.05, 3.63) is 78.9 Å². The number of nitro groups is 1. The van der Waals surface area contributed by atoms with Crippen LogP contribution in [-0.4, -0.2) is 4.92 Å². The summed E-state index contributed by atoms with van der Waals surface area (Å²) in [5.41, 5.74) is -0.101. The van der Waals surface area contributed by atoms with Gasteiger partial charge in [-0.1, -0.05) is 15.9 Å². The molecule has 0 aliphatic rings. The van der Waals surface area contributed by atoms with Crippen LogP contribution in [0.4, 0.5) is 10.1 Å². The van der Waals surface area contributed by atoms with E-state index >= 15 is 0 Å². The molecule has 24 heavy (non-hydrogen) atoms. The molecule has 8 heteroatoms. The molecule has 0 atom stereocenters. The van der Waals surface area contributed by atoms with Gasteiger partial charge in [0.05, 0.1) is 4.92 Å². The minimum Gasteiger partial charge on any atom is -0.482 e. The molecule has 0 spiro atoms. The highest BCUT2D eigenvalue weighted by molar-refractivity contribution is 9.10. The standard InChI is InChI=1S/C16H9BrFNO5/c17-10-1-3-12-9(5-16(20)24-14(12)6-10)8-23-15-7-11(18)2-4-13(15)19(21)22/h1-7H,8H2. The molecule has 0 saturated carbocycles. The lowest BCUT2D eigenvalue weighted by Gasteiger charge is -2.09. The molecule has 0 radical (unpaired) electrons. The Hall–Kier alpha value is -2.74. The van der Waals surface area contributed by atoms with Crippen LogP contribution in [0.3, 0.4) is 0 Å². The smallest absolute Gasteiger partial charge is 0.336 e. The Morgan fingerprint density at radius 3 is 2.75 bits per heavy atom. The van der Waals surface area contributed by atoms with Crippen LogP contribution in [0.5, 0.6) is 5.75 Å². The zero-order valence-electron chi connectivity index (χ0n) is 12.0. The molecule has 0 saturated heterocycles. The summed E-state index contributed by atoms with van der Waals surface area (Å²) in [5, 5.41) is 11.6. The van der Waals surface area contributed by atoms with Crippen LogP contribution < -0.4 is 10.4 Å². The normalized spacial score (nSPS) is 10.8. The Morgan fingerprint density at radius 1 is 1.21 bits per heavy atom. The third kappa shape index (κ3) is 3.28. The first kappa shape index (κ1) is 16.1. The van der Waals surface area contributed by atoms with Gasteiger partial charge in [0.1, 0.15) is 18.0 Å². The molecule has 0 aliphatic carbocycles. The fourth-order valence-corrected chi connectivity index (χ4v) is 2.57. The first-order valence-electron chi connectivity index (χ1n) is 6.73. The van der Waals surface area contributed by atoms with Crippen LogP contribution in [0.2, 0.25) is 0 Å². The number of halogens is 2. The average Bonchev–Trinajstić information content (AvgIpc) is 2.51. The molecule has 6 nitrogen and oxygen atoms in total. The van der Waals surface area contributed by atoms with Gasteiger partial charge in [-0.25, -0.2) is 9.18 Å². The molecule has 0 aliphatic heterocycles. The van der Waals surface area contributed by atoms with E-state index in [1.54, 1.807) is 18.2 Å². The maximum absolute atomic E-state index is 13.3. The summed E-state index contributed by atoms with van der Waals surface area (Å²) in [7, 11) is 0. The van der Waals surface area contributed by atoms with E-state index in [4.69, 9.17) is 9.15 Å². The van der Waals surface area contributed by atoms with E-state index in [-0.39, 0.29) is 18.0 Å². The minimum atomic E-state index is -0.663. The first-order chi connectivity index (χ1) is 11.4. The summed E-state index contributed by atoms with van der Waals surface area (Å²) in [4.78, 5) is 22.0. The fourth-order valence-electron chi connectivity index (χ4n) is 2.23. The Labute approximate surface area is 142 Å². The summed E-state index contributed by atoms with van der Waals surface area (Å²) in [6.07, 6.45) is 0. The monoisotopic (exact) mass is 393 g/mol. The predicted molar refractivity (Wildman–Crippen MR) is 87.6 cm³/mol. The topological polar surface area (TPSA) is 82.6 Å². The van der Waals surface area contributed by atoms with Crippen molar-refractivity contribution < 1.29 is 18.5 Å². The van der Waals surface area contributed by atoms with E-state index in [0.29, 0.717) is 16.5 Å². The van der Waals surface area contributed by atoms with Gasteiger partial charge in [0, 0.05) is 33.6 Å². The second-order valence-electron chi connectivity index (χ2n) is 4.89. The van der Waals surface area contributed by atoms with Gasteiger partial charge < -0.3 is 9.15 Å². The predicted octanol–water partition coefficient (Wildman–Crippen LogP) is 4.18. The van der Waals surface area contributed by atoms with Crippen LogP contribution in [0.25, 0.3) is 11.0 Å². The summed E-state index contributed by atoms with van der Waals surface area (Å²) >= 11 is 3.28. The molecular formula is C16H9BrFNO5. The number of rotatable bonds is 4. The second kappa shape index (κ2) is 6.40. The van der Waals surface area contributed by atoms with E-state index in [1.165, 1.54) is 6.07 Å². The number of hydrogen-bond donors (Lipinski definition) is 0. The van der Waals surface area contributed by atoms with Crippen LogP contribution >= 0.6 is 15.9 Å². The van der Waals surface area contributed by atoms with Gasteiger partial charge in [-0.15, -0.1) is 0 Å². The third-order valence-electron chi connectivity index (χ3n) is 3.29.